The zero-order valence-corrected chi connectivity index (χ0v) is 11.9. The molecule has 2 aromatic rings. The van der Waals surface area contributed by atoms with Crippen molar-refractivity contribution in [1.29, 1.82) is 0 Å². The molecule has 0 aliphatic rings. The Hall–Kier alpha value is -2.17. The number of allylic oxidation sites excluding steroid dienone is 1. The van der Waals surface area contributed by atoms with Crippen LogP contribution in [0.2, 0.25) is 0 Å². The number of nitrogens with zero attached hydrogens (tertiary/aromatic N) is 4. The number of hydrogen-bond donors (Lipinski definition) is 0. The number of aromatic nitrogens is 4. The van der Waals surface area contributed by atoms with Gasteiger partial charge in [0.05, 0.1) is 17.0 Å². The molecule has 2 rings (SSSR count). The molecule has 100 valence electrons. The van der Waals surface area contributed by atoms with Gasteiger partial charge in [0.2, 0.25) is 0 Å². The molecule has 19 heavy (non-hydrogen) atoms. The second-order valence-electron chi connectivity index (χ2n) is 4.71. The third kappa shape index (κ3) is 2.50. The number of aryl methyl sites for hydroxylation is 4. The molecule has 0 unspecified atom stereocenters. The summed E-state index contributed by atoms with van der Waals surface area (Å²) in [6.07, 6.45) is 5.28. The first-order valence-corrected chi connectivity index (χ1v) is 6.13. The second-order valence-corrected chi connectivity index (χ2v) is 4.71. The minimum Gasteiger partial charge on any atom is -0.289 e. The van der Waals surface area contributed by atoms with E-state index in [1.54, 1.807) is 21.5 Å². The van der Waals surface area contributed by atoms with Gasteiger partial charge in [0, 0.05) is 31.5 Å². The fourth-order valence-electron chi connectivity index (χ4n) is 2.16. The Morgan fingerprint density at radius 2 is 1.84 bits per heavy atom. The van der Waals surface area contributed by atoms with E-state index in [-0.39, 0.29) is 5.78 Å². The molecule has 5 nitrogen and oxygen atoms in total. The maximum absolute atomic E-state index is 12.2. The lowest BCUT2D eigenvalue weighted by Crippen LogP contribution is -1.99. The number of carbonyl (C=O) groups excluding carboxylic acids is 1. The zero-order valence-electron chi connectivity index (χ0n) is 11.9. The summed E-state index contributed by atoms with van der Waals surface area (Å²) in [5.41, 5.74) is 4.19. The maximum atomic E-state index is 12.2. The van der Waals surface area contributed by atoms with E-state index in [9.17, 15) is 4.79 Å². The standard InChI is InChI=1S/C14H18N4O/c1-9-12(8-17(4)15-9)6-7-13(19)14-10(2)16-18(5)11(14)3/h6-8H,1-5H3/b7-6+. The first kappa shape index (κ1) is 13.3. The number of carbonyl (C=O) groups is 1. The third-order valence-electron chi connectivity index (χ3n) is 3.22. The summed E-state index contributed by atoms with van der Waals surface area (Å²) in [6, 6.07) is 0. The topological polar surface area (TPSA) is 52.7 Å². The Bertz CT molecular complexity index is 661. The minimum atomic E-state index is -0.0219. The van der Waals surface area contributed by atoms with Crippen molar-refractivity contribution in [3.8, 4) is 0 Å². The molecule has 0 bridgehead atoms. The van der Waals surface area contributed by atoms with Gasteiger partial charge in [-0.3, -0.25) is 14.2 Å². The quantitative estimate of drug-likeness (QED) is 0.625. The maximum Gasteiger partial charge on any atom is 0.189 e. The molecule has 0 spiro atoms. The Morgan fingerprint density at radius 1 is 1.16 bits per heavy atom. The highest BCUT2D eigenvalue weighted by Crippen LogP contribution is 2.14. The lowest BCUT2D eigenvalue weighted by Gasteiger charge is -1.96. The van der Waals surface area contributed by atoms with Gasteiger partial charge in [0.25, 0.3) is 0 Å². The van der Waals surface area contributed by atoms with E-state index >= 15 is 0 Å². The predicted octanol–water partition coefficient (Wildman–Crippen LogP) is 1.97. The van der Waals surface area contributed by atoms with Gasteiger partial charge in [-0.25, -0.2) is 0 Å². The normalized spacial score (nSPS) is 11.4. The molecule has 0 aliphatic carbocycles. The van der Waals surface area contributed by atoms with E-state index in [0.717, 1.165) is 22.6 Å². The summed E-state index contributed by atoms with van der Waals surface area (Å²) in [6.45, 7) is 5.67. The van der Waals surface area contributed by atoms with Crippen LogP contribution in [0.25, 0.3) is 6.08 Å². The minimum absolute atomic E-state index is 0.0219. The molecule has 0 atom stereocenters. The van der Waals surface area contributed by atoms with Crippen molar-refractivity contribution in [2.24, 2.45) is 14.1 Å². The van der Waals surface area contributed by atoms with Gasteiger partial charge in [0.15, 0.2) is 5.78 Å². The van der Waals surface area contributed by atoms with Crippen LogP contribution in [0.1, 0.15) is 33.0 Å². The van der Waals surface area contributed by atoms with Gasteiger partial charge < -0.3 is 0 Å². The van der Waals surface area contributed by atoms with Gasteiger partial charge in [0.1, 0.15) is 0 Å². The Labute approximate surface area is 112 Å². The molecule has 0 N–H and O–H groups in total. The number of rotatable bonds is 3. The van der Waals surface area contributed by atoms with Gasteiger partial charge in [-0.05, 0) is 32.9 Å². The van der Waals surface area contributed by atoms with Crippen molar-refractivity contribution in [1.82, 2.24) is 19.6 Å². The first-order chi connectivity index (χ1) is 8.90. The molecule has 0 fully saturated rings. The SMILES string of the molecule is Cc1nn(C)cc1/C=C/C(=O)c1c(C)nn(C)c1C. The van der Waals surface area contributed by atoms with E-state index in [1.807, 2.05) is 41.1 Å². The monoisotopic (exact) mass is 258 g/mol. The summed E-state index contributed by atoms with van der Waals surface area (Å²) >= 11 is 0. The molecule has 5 heteroatoms. The van der Waals surface area contributed by atoms with Crippen LogP contribution in [-0.2, 0) is 14.1 Å². The Kier molecular flexibility index (Phi) is 3.38. The molecule has 0 amide bonds. The largest absolute Gasteiger partial charge is 0.289 e. The van der Waals surface area contributed by atoms with Crippen molar-refractivity contribution in [2.75, 3.05) is 0 Å². The Balaban J connectivity index is 2.29. The molecule has 0 saturated carbocycles. The highest BCUT2D eigenvalue weighted by atomic mass is 16.1. The summed E-state index contributed by atoms with van der Waals surface area (Å²) in [7, 11) is 3.70. The fourth-order valence-corrected chi connectivity index (χ4v) is 2.16. The summed E-state index contributed by atoms with van der Waals surface area (Å²) in [5.74, 6) is -0.0219. The predicted molar refractivity (Wildman–Crippen MR) is 74.0 cm³/mol. The molecular weight excluding hydrogens is 240 g/mol. The van der Waals surface area contributed by atoms with Gasteiger partial charge >= 0.3 is 0 Å². The van der Waals surface area contributed by atoms with Crippen LogP contribution in [0.3, 0.4) is 0 Å². The van der Waals surface area contributed by atoms with E-state index < -0.39 is 0 Å². The van der Waals surface area contributed by atoms with E-state index in [1.165, 1.54) is 0 Å². The van der Waals surface area contributed by atoms with Crippen molar-refractivity contribution >= 4 is 11.9 Å². The van der Waals surface area contributed by atoms with E-state index in [2.05, 4.69) is 10.2 Å². The Morgan fingerprint density at radius 3 is 2.32 bits per heavy atom. The summed E-state index contributed by atoms with van der Waals surface area (Å²) in [5, 5.41) is 8.49. The van der Waals surface area contributed by atoms with Crippen molar-refractivity contribution in [3.05, 3.63) is 40.5 Å². The highest BCUT2D eigenvalue weighted by molar-refractivity contribution is 6.08. The van der Waals surface area contributed by atoms with Crippen LogP contribution in [0, 0.1) is 20.8 Å². The van der Waals surface area contributed by atoms with Crippen LogP contribution in [0.5, 0.6) is 0 Å². The van der Waals surface area contributed by atoms with Gasteiger partial charge in [-0.2, -0.15) is 10.2 Å². The van der Waals surface area contributed by atoms with Crippen LogP contribution in [-0.4, -0.2) is 25.3 Å². The molecule has 0 saturated heterocycles. The summed E-state index contributed by atoms with van der Waals surface area (Å²) < 4.78 is 3.46. The molecule has 0 aromatic carbocycles. The molecule has 0 aliphatic heterocycles. The number of ketones is 1. The highest BCUT2D eigenvalue weighted by Gasteiger charge is 2.14. The van der Waals surface area contributed by atoms with E-state index in [4.69, 9.17) is 0 Å². The lowest BCUT2D eigenvalue weighted by molar-refractivity contribution is 0.104. The average Bonchev–Trinajstić information content (AvgIpc) is 2.76. The van der Waals surface area contributed by atoms with Crippen molar-refractivity contribution in [3.63, 3.8) is 0 Å². The molecular formula is C14H18N4O. The molecule has 2 heterocycles. The van der Waals surface area contributed by atoms with Gasteiger partial charge in [-0.1, -0.05) is 0 Å². The van der Waals surface area contributed by atoms with Crippen molar-refractivity contribution in [2.45, 2.75) is 20.8 Å². The first-order valence-electron chi connectivity index (χ1n) is 6.13. The number of hydrogen-bond acceptors (Lipinski definition) is 3. The average molecular weight is 258 g/mol. The van der Waals surface area contributed by atoms with Crippen molar-refractivity contribution < 1.29 is 4.79 Å². The van der Waals surface area contributed by atoms with E-state index in [0.29, 0.717) is 5.56 Å². The third-order valence-corrected chi connectivity index (χ3v) is 3.22. The summed E-state index contributed by atoms with van der Waals surface area (Å²) in [4.78, 5) is 12.2. The fraction of sp³-hybridized carbons (Fsp3) is 0.357. The second kappa shape index (κ2) is 4.84. The smallest absolute Gasteiger partial charge is 0.189 e. The van der Waals surface area contributed by atoms with Gasteiger partial charge in [-0.15, -0.1) is 0 Å². The van der Waals surface area contributed by atoms with Crippen LogP contribution < -0.4 is 0 Å². The van der Waals surface area contributed by atoms with Crippen LogP contribution in [0.15, 0.2) is 12.3 Å². The van der Waals surface area contributed by atoms with Crippen LogP contribution >= 0.6 is 0 Å². The van der Waals surface area contributed by atoms with Crippen LogP contribution in [0.4, 0.5) is 0 Å². The lowest BCUT2D eigenvalue weighted by atomic mass is 10.1. The molecule has 2 aromatic heterocycles. The molecule has 0 radical (unpaired) electrons. The zero-order chi connectivity index (χ0) is 14.2.